The van der Waals surface area contributed by atoms with Crippen LogP contribution in [-0.4, -0.2) is 17.8 Å². The number of aliphatic hydroxyl groups excluding tert-OH is 1. The zero-order valence-electron chi connectivity index (χ0n) is 11.4. The molecule has 0 saturated heterocycles. The highest BCUT2D eigenvalue weighted by Gasteiger charge is 2.22. The molecule has 0 aromatic heterocycles. The fourth-order valence-corrected chi connectivity index (χ4v) is 2.38. The van der Waals surface area contributed by atoms with Gasteiger partial charge < -0.3 is 10.8 Å². The monoisotopic (exact) mass is 279 g/mol. The van der Waals surface area contributed by atoms with E-state index in [0.29, 0.717) is 6.54 Å². The van der Waals surface area contributed by atoms with E-state index in [0.717, 1.165) is 5.56 Å². The molecule has 104 valence electrons. The van der Waals surface area contributed by atoms with Gasteiger partial charge in [0.05, 0.1) is 6.10 Å². The number of halogens is 1. The molecule has 2 nitrogen and oxygen atoms in total. The summed E-state index contributed by atoms with van der Waals surface area (Å²) >= 11 is 0. The highest BCUT2D eigenvalue weighted by molar-refractivity contribution is 5.85. The Morgan fingerprint density at radius 3 is 2.26 bits per heavy atom. The number of hydrogen-bond acceptors (Lipinski definition) is 2. The van der Waals surface area contributed by atoms with Crippen molar-refractivity contribution in [1.82, 2.24) is 0 Å². The SMILES string of the molecule is CC(C)C(O)C(CN)c1ccc2ccccc2c1.Cl. The van der Waals surface area contributed by atoms with E-state index in [4.69, 9.17) is 5.73 Å². The molecule has 3 N–H and O–H groups in total. The van der Waals surface area contributed by atoms with Crippen LogP contribution in [0.3, 0.4) is 0 Å². The van der Waals surface area contributed by atoms with Gasteiger partial charge in [-0.15, -0.1) is 12.4 Å². The largest absolute Gasteiger partial charge is 0.392 e. The van der Waals surface area contributed by atoms with Crippen molar-refractivity contribution in [3.8, 4) is 0 Å². The van der Waals surface area contributed by atoms with Gasteiger partial charge in [-0.25, -0.2) is 0 Å². The van der Waals surface area contributed by atoms with Crippen molar-refractivity contribution in [3.05, 3.63) is 48.0 Å². The third kappa shape index (κ3) is 3.47. The fourth-order valence-electron chi connectivity index (χ4n) is 2.38. The molecule has 0 aliphatic rings. The van der Waals surface area contributed by atoms with E-state index in [-0.39, 0.29) is 24.2 Å². The minimum atomic E-state index is -0.392. The van der Waals surface area contributed by atoms with E-state index in [9.17, 15) is 5.11 Å². The van der Waals surface area contributed by atoms with Crippen LogP contribution in [0.5, 0.6) is 0 Å². The van der Waals surface area contributed by atoms with Gasteiger partial charge in [0.15, 0.2) is 0 Å². The normalized spacial score (nSPS) is 14.2. The number of nitrogens with two attached hydrogens (primary N) is 1. The van der Waals surface area contributed by atoms with Crippen LogP contribution in [-0.2, 0) is 0 Å². The number of benzene rings is 2. The van der Waals surface area contributed by atoms with Crippen molar-refractivity contribution in [2.75, 3.05) is 6.54 Å². The van der Waals surface area contributed by atoms with Gasteiger partial charge in [-0.05, 0) is 22.3 Å². The maximum absolute atomic E-state index is 10.2. The Morgan fingerprint density at radius 2 is 1.68 bits per heavy atom. The molecule has 0 radical (unpaired) electrons. The van der Waals surface area contributed by atoms with Crippen molar-refractivity contribution in [2.45, 2.75) is 25.9 Å². The van der Waals surface area contributed by atoms with Crippen molar-refractivity contribution in [2.24, 2.45) is 11.7 Å². The topological polar surface area (TPSA) is 46.2 Å². The van der Waals surface area contributed by atoms with Gasteiger partial charge in [-0.2, -0.15) is 0 Å². The molecule has 0 saturated carbocycles. The van der Waals surface area contributed by atoms with Gasteiger partial charge in [0.25, 0.3) is 0 Å². The maximum atomic E-state index is 10.2. The first-order chi connectivity index (χ1) is 8.63. The first-order valence-corrected chi connectivity index (χ1v) is 6.50. The lowest BCUT2D eigenvalue weighted by molar-refractivity contribution is 0.0986. The quantitative estimate of drug-likeness (QED) is 0.902. The molecular weight excluding hydrogens is 258 g/mol. The standard InChI is InChI=1S/C16H21NO.ClH/c1-11(2)16(18)15(10-17)14-8-7-12-5-3-4-6-13(12)9-14;/h3-9,11,15-16,18H,10,17H2,1-2H3;1H. The predicted octanol–water partition coefficient (Wildman–Crippen LogP) is 3.32. The molecule has 2 rings (SSSR count). The van der Waals surface area contributed by atoms with Gasteiger partial charge >= 0.3 is 0 Å². The van der Waals surface area contributed by atoms with Crippen molar-refractivity contribution >= 4 is 23.2 Å². The highest BCUT2D eigenvalue weighted by atomic mass is 35.5. The second-order valence-corrected chi connectivity index (χ2v) is 5.18. The van der Waals surface area contributed by atoms with E-state index in [2.05, 4.69) is 30.3 Å². The number of rotatable bonds is 4. The van der Waals surface area contributed by atoms with Gasteiger partial charge in [0, 0.05) is 12.5 Å². The Labute approximate surface area is 121 Å². The van der Waals surface area contributed by atoms with E-state index >= 15 is 0 Å². The Hall–Kier alpha value is -1.09. The Kier molecular flexibility index (Phi) is 5.80. The van der Waals surface area contributed by atoms with Crippen LogP contribution in [0.1, 0.15) is 25.3 Å². The van der Waals surface area contributed by atoms with Crippen LogP contribution in [0.15, 0.2) is 42.5 Å². The summed E-state index contributed by atoms with van der Waals surface area (Å²) < 4.78 is 0. The van der Waals surface area contributed by atoms with Crippen molar-refractivity contribution in [3.63, 3.8) is 0 Å². The van der Waals surface area contributed by atoms with E-state index in [1.807, 2.05) is 26.0 Å². The van der Waals surface area contributed by atoms with E-state index in [1.54, 1.807) is 0 Å². The first kappa shape index (κ1) is 16.0. The number of aliphatic hydroxyl groups is 1. The zero-order chi connectivity index (χ0) is 13.1. The molecule has 2 unspecified atom stereocenters. The lowest BCUT2D eigenvalue weighted by atomic mass is 9.86. The van der Waals surface area contributed by atoms with Gasteiger partial charge in [0.2, 0.25) is 0 Å². The summed E-state index contributed by atoms with van der Waals surface area (Å²) in [6.07, 6.45) is -0.392. The average Bonchev–Trinajstić information content (AvgIpc) is 2.39. The fraction of sp³-hybridized carbons (Fsp3) is 0.375. The molecule has 0 heterocycles. The first-order valence-electron chi connectivity index (χ1n) is 6.50. The molecule has 0 fully saturated rings. The summed E-state index contributed by atoms with van der Waals surface area (Å²) in [6, 6.07) is 14.6. The highest BCUT2D eigenvalue weighted by Crippen LogP contribution is 2.26. The zero-order valence-corrected chi connectivity index (χ0v) is 12.2. The minimum absolute atomic E-state index is 0. The van der Waals surface area contributed by atoms with Crippen LogP contribution in [0.2, 0.25) is 0 Å². The molecule has 19 heavy (non-hydrogen) atoms. The van der Waals surface area contributed by atoms with Gasteiger partial charge in [-0.3, -0.25) is 0 Å². The lowest BCUT2D eigenvalue weighted by Crippen LogP contribution is -2.29. The number of hydrogen-bond donors (Lipinski definition) is 2. The second kappa shape index (κ2) is 6.90. The maximum Gasteiger partial charge on any atom is 0.0643 e. The van der Waals surface area contributed by atoms with Crippen molar-refractivity contribution < 1.29 is 5.11 Å². The summed E-state index contributed by atoms with van der Waals surface area (Å²) in [6.45, 7) is 4.51. The van der Waals surface area contributed by atoms with Gasteiger partial charge in [0.1, 0.15) is 0 Å². The Bertz CT molecular complexity index is 527. The Morgan fingerprint density at radius 1 is 1.05 bits per heavy atom. The molecule has 0 aliphatic carbocycles. The summed E-state index contributed by atoms with van der Waals surface area (Å²) in [5, 5.41) is 12.6. The molecule has 3 heteroatoms. The van der Waals surface area contributed by atoms with Crippen LogP contribution in [0.4, 0.5) is 0 Å². The van der Waals surface area contributed by atoms with Gasteiger partial charge in [-0.1, -0.05) is 56.3 Å². The molecule has 2 atom stereocenters. The average molecular weight is 280 g/mol. The number of fused-ring (bicyclic) bond motifs is 1. The van der Waals surface area contributed by atoms with Crippen LogP contribution >= 0.6 is 12.4 Å². The summed E-state index contributed by atoms with van der Waals surface area (Å²) in [5.74, 6) is 0.222. The molecule has 2 aromatic rings. The second-order valence-electron chi connectivity index (χ2n) is 5.18. The predicted molar refractivity (Wildman–Crippen MR) is 83.8 cm³/mol. The van der Waals surface area contributed by atoms with Crippen LogP contribution < -0.4 is 5.73 Å². The summed E-state index contributed by atoms with van der Waals surface area (Å²) in [7, 11) is 0. The molecule has 0 bridgehead atoms. The van der Waals surface area contributed by atoms with E-state index in [1.165, 1.54) is 10.8 Å². The smallest absolute Gasteiger partial charge is 0.0643 e. The minimum Gasteiger partial charge on any atom is -0.392 e. The van der Waals surface area contributed by atoms with E-state index < -0.39 is 6.10 Å². The molecule has 0 amide bonds. The van der Waals surface area contributed by atoms with Crippen molar-refractivity contribution in [1.29, 1.82) is 0 Å². The third-order valence-electron chi connectivity index (χ3n) is 3.55. The molecule has 0 spiro atoms. The summed E-state index contributed by atoms with van der Waals surface area (Å²) in [5.41, 5.74) is 6.95. The van der Waals surface area contributed by atoms with Crippen LogP contribution in [0, 0.1) is 5.92 Å². The molecule has 2 aromatic carbocycles. The van der Waals surface area contributed by atoms with Crippen LogP contribution in [0.25, 0.3) is 10.8 Å². The Balaban J connectivity index is 0.00000180. The molecule has 0 aliphatic heterocycles. The third-order valence-corrected chi connectivity index (χ3v) is 3.55. The molecular formula is C16H22ClNO. The summed E-state index contributed by atoms with van der Waals surface area (Å²) in [4.78, 5) is 0. The lowest BCUT2D eigenvalue weighted by Gasteiger charge is -2.25.